The molecule has 8 heteroatoms. The van der Waals surface area contributed by atoms with E-state index in [0.717, 1.165) is 36.6 Å². The van der Waals surface area contributed by atoms with Crippen LogP contribution in [0, 0.1) is 0 Å². The number of nitrogens with zero attached hydrogens (tertiary/aromatic N) is 2. The number of fused-ring (bicyclic) bond motifs is 1. The lowest BCUT2D eigenvalue weighted by Crippen LogP contribution is -2.30. The summed E-state index contributed by atoms with van der Waals surface area (Å²) >= 11 is 5.95. The van der Waals surface area contributed by atoms with Crippen molar-refractivity contribution in [2.75, 3.05) is 29.2 Å². The van der Waals surface area contributed by atoms with Crippen molar-refractivity contribution in [3.8, 4) is 0 Å². The molecule has 0 fully saturated rings. The summed E-state index contributed by atoms with van der Waals surface area (Å²) in [5.74, 6) is -1.15. The third-order valence-electron chi connectivity index (χ3n) is 6.59. The summed E-state index contributed by atoms with van der Waals surface area (Å²) in [5, 5.41) is 15.0. The minimum Gasteiger partial charge on any atom is -0.545 e. The number of alkyl halides is 1. The van der Waals surface area contributed by atoms with Gasteiger partial charge in [0.25, 0.3) is 0 Å². The molecule has 0 unspecified atom stereocenters. The molecule has 4 rings (SSSR count). The normalized spacial score (nSPS) is 11.1. The van der Waals surface area contributed by atoms with Crippen LogP contribution in [0.5, 0.6) is 0 Å². The number of nitrogens with one attached hydrogen (secondary N) is 1. The van der Waals surface area contributed by atoms with Crippen molar-refractivity contribution in [2.24, 2.45) is 0 Å². The summed E-state index contributed by atoms with van der Waals surface area (Å²) in [6, 6.07) is 19.9. The Hall–Kier alpha value is -4.10. The molecule has 0 spiro atoms. The maximum Gasteiger partial charge on any atom is 0.198 e. The molecule has 1 aromatic heterocycles. The Morgan fingerprint density at radius 3 is 2.13 bits per heavy atom. The van der Waals surface area contributed by atoms with Crippen LogP contribution in [0.25, 0.3) is 10.9 Å². The molecule has 1 N–H and O–H groups in total. The van der Waals surface area contributed by atoms with Crippen molar-refractivity contribution in [1.82, 2.24) is 4.57 Å². The molecule has 4 aromatic rings. The molecule has 0 amide bonds. The van der Waals surface area contributed by atoms with Gasteiger partial charge in [0.05, 0.1) is 17.0 Å². The van der Waals surface area contributed by atoms with E-state index in [1.54, 1.807) is 28.8 Å². The molecule has 7 nitrogen and oxygen atoms in total. The predicted octanol–water partition coefficient (Wildman–Crippen LogP) is 5.38. The molecule has 0 saturated heterocycles. The van der Waals surface area contributed by atoms with Crippen LogP contribution in [0.2, 0.25) is 0 Å². The van der Waals surface area contributed by atoms with Gasteiger partial charge < -0.3 is 24.7 Å². The fraction of sp³-hybridized carbons (Fsp3) is 0.258. The maximum absolute atomic E-state index is 13.3. The minimum absolute atomic E-state index is 0.133. The van der Waals surface area contributed by atoms with Gasteiger partial charge in [0, 0.05) is 64.8 Å². The number of carbonyl (C=O) groups is 2. The first kappa shape index (κ1) is 27.9. The lowest BCUT2D eigenvalue weighted by atomic mass is 10.0. The molecule has 0 radical (unpaired) electrons. The Kier molecular flexibility index (Phi) is 8.72. The highest BCUT2D eigenvalue weighted by atomic mass is 35.5. The van der Waals surface area contributed by atoms with Crippen LogP contribution < -0.4 is 20.8 Å². The standard InChI is InChI=1S/C31H32ClN3O4/c1-4-16-34(17-15-32)25-12-10-24(11-13-25)33-23-8-5-21(6-9-23)29(36)22-7-14-26-28(18-22)35(20(2)3)19-27(30(26)37)31(38)39/h5-14,18-20,33H,4,15-17H2,1-3H3,(H,38,39)/p-1. The number of hydrogen-bond acceptors (Lipinski definition) is 6. The number of halogens is 1. The number of carboxylic acids is 1. The van der Waals surface area contributed by atoms with Crippen LogP contribution in [0.4, 0.5) is 17.1 Å². The van der Waals surface area contributed by atoms with Crippen molar-refractivity contribution in [2.45, 2.75) is 33.2 Å². The second kappa shape index (κ2) is 12.2. The Balaban J connectivity index is 1.55. The molecule has 202 valence electrons. The fourth-order valence-electron chi connectivity index (χ4n) is 4.60. The van der Waals surface area contributed by atoms with Crippen LogP contribution in [0.15, 0.2) is 77.7 Å². The van der Waals surface area contributed by atoms with Crippen LogP contribution in [0.3, 0.4) is 0 Å². The number of pyridine rings is 1. The first-order chi connectivity index (χ1) is 18.7. The highest BCUT2D eigenvalue weighted by Crippen LogP contribution is 2.24. The number of carboxylic acid groups (broad SMARTS) is 1. The summed E-state index contributed by atoms with van der Waals surface area (Å²) in [7, 11) is 0. The Bertz CT molecular complexity index is 1540. The van der Waals surface area contributed by atoms with Gasteiger partial charge in [-0.2, -0.15) is 0 Å². The van der Waals surface area contributed by atoms with Gasteiger partial charge in [-0.25, -0.2) is 0 Å². The van der Waals surface area contributed by atoms with Gasteiger partial charge in [0.15, 0.2) is 11.2 Å². The average molecular weight is 545 g/mol. The summed E-state index contributed by atoms with van der Waals surface area (Å²) in [5.41, 5.74) is 3.26. The largest absolute Gasteiger partial charge is 0.545 e. The maximum atomic E-state index is 13.3. The quantitative estimate of drug-likeness (QED) is 0.201. The topological polar surface area (TPSA) is 94.5 Å². The third kappa shape index (κ3) is 6.15. The molecule has 3 aromatic carbocycles. The fourth-order valence-corrected chi connectivity index (χ4v) is 4.80. The van der Waals surface area contributed by atoms with E-state index in [1.165, 1.54) is 12.3 Å². The van der Waals surface area contributed by atoms with E-state index in [-0.39, 0.29) is 17.2 Å². The lowest BCUT2D eigenvalue weighted by Gasteiger charge is -2.23. The van der Waals surface area contributed by atoms with Crippen LogP contribution >= 0.6 is 11.6 Å². The molecule has 0 aliphatic rings. The number of anilines is 3. The van der Waals surface area contributed by atoms with Crippen LogP contribution in [-0.4, -0.2) is 35.3 Å². The molecule has 0 aliphatic heterocycles. The summed E-state index contributed by atoms with van der Waals surface area (Å²) < 4.78 is 1.67. The van der Waals surface area contributed by atoms with E-state index in [4.69, 9.17) is 11.6 Å². The lowest BCUT2D eigenvalue weighted by molar-refractivity contribution is -0.255. The third-order valence-corrected chi connectivity index (χ3v) is 6.76. The van der Waals surface area contributed by atoms with E-state index in [0.29, 0.717) is 22.5 Å². The van der Waals surface area contributed by atoms with Crippen molar-refractivity contribution in [3.63, 3.8) is 0 Å². The predicted molar refractivity (Wildman–Crippen MR) is 156 cm³/mol. The Morgan fingerprint density at radius 2 is 1.56 bits per heavy atom. The minimum atomic E-state index is -1.52. The van der Waals surface area contributed by atoms with E-state index in [9.17, 15) is 19.5 Å². The summed E-state index contributed by atoms with van der Waals surface area (Å²) in [6.45, 7) is 7.63. The monoisotopic (exact) mass is 544 g/mol. The summed E-state index contributed by atoms with van der Waals surface area (Å²) in [6.07, 6.45) is 2.33. The highest BCUT2D eigenvalue weighted by Gasteiger charge is 2.16. The summed E-state index contributed by atoms with van der Waals surface area (Å²) in [4.78, 5) is 39.6. The molecule has 0 atom stereocenters. The molecule has 0 aliphatic carbocycles. The zero-order chi connectivity index (χ0) is 28.1. The molecule has 1 heterocycles. The van der Waals surface area contributed by atoms with Crippen LogP contribution in [0.1, 0.15) is 59.5 Å². The number of ketones is 1. The van der Waals surface area contributed by atoms with E-state index in [2.05, 4.69) is 29.3 Å². The van der Waals surface area contributed by atoms with Crippen molar-refractivity contribution < 1.29 is 14.7 Å². The van der Waals surface area contributed by atoms with Gasteiger partial charge in [-0.15, -0.1) is 11.6 Å². The molecular formula is C31H31ClN3O4-. The number of benzene rings is 3. The highest BCUT2D eigenvalue weighted by molar-refractivity contribution is 6.18. The SMILES string of the molecule is CCCN(CCCl)c1ccc(Nc2ccc(C(=O)c3ccc4c(=O)c(C(=O)[O-])cn(C(C)C)c4c3)cc2)cc1. The molecular weight excluding hydrogens is 514 g/mol. The molecule has 39 heavy (non-hydrogen) atoms. The Morgan fingerprint density at radius 1 is 0.949 bits per heavy atom. The van der Waals surface area contributed by atoms with Crippen molar-refractivity contribution in [1.29, 1.82) is 0 Å². The Labute approximate surface area is 232 Å². The van der Waals surface area contributed by atoms with Crippen molar-refractivity contribution in [3.05, 3.63) is 99.8 Å². The smallest absolute Gasteiger partial charge is 0.198 e. The first-order valence-electron chi connectivity index (χ1n) is 13.0. The van der Waals surface area contributed by atoms with Gasteiger partial charge in [0.1, 0.15) is 0 Å². The molecule has 0 saturated carbocycles. The van der Waals surface area contributed by atoms with E-state index in [1.807, 2.05) is 38.1 Å². The zero-order valence-electron chi connectivity index (χ0n) is 22.2. The number of aromatic nitrogens is 1. The number of carbonyl (C=O) groups excluding carboxylic acids is 2. The zero-order valence-corrected chi connectivity index (χ0v) is 23.0. The van der Waals surface area contributed by atoms with E-state index >= 15 is 0 Å². The first-order valence-corrected chi connectivity index (χ1v) is 13.5. The molecule has 0 bridgehead atoms. The average Bonchev–Trinajstić information content (AvgIpc) is 2.93. The van der Waals surface area contributed by atoms with Gasteiger partial charge in [-0.05, 0) is 80.9 Å². The number of hydrogen-bond donors (Lipinski definition) is 1. The van der Waals surface area contributed by atoms with Gasteiger partial charge in [-0.1, -0.05) is 13.0 Å². The van der Waals surface area contributed by atoms with Crippen molar-refractivity contribution >= 4 is 51.3 Å². The second-order valence-electron chi connectivity index (χ2n) is 9.65. The number of aromatic carboxylic acids is 1. The van der Waals surface area contributed by atoms with E-state index < -0.39 is 17.0 Å². The second-order valence-corrected chi connectivity index (χ2v) is 10.0. The van der Waals surface area contributed by atoms with Gasteiger partial charge >= 0.3 is 0 Å². The van der Waals surface area contributed by atoms with Gasteiger partial charge in [0.2, 0.25) is 0 Å². The van der Waals surface area contributed by atoms with Gasteiger partial charge in [-0.3, -0.25) is 9.59 Å². The van der Waals surface area contributed by atoms with Crippen LogP contribution in [-0.2, 0) is 0 Å². The number of rotatable bonds is 11.